The standard InChI is InChI=1S/C22H26ClFN2O4S/c1-30-18-7-5-16(6-8-18)9-12-25-22(27)17-10-13-26(14-11-17)31(28,29)15-19-20(23)3-2-4-21(19)24/h2-8,17H,9-15H2,1H3,(H,25,27). The van der Waals surface area contributed by atoms with Crippen molar-refractivity contribution in [1.82, 2.24) is 9.62 Å². The third-order valence-corrected chi connectivity index (χ3v) is 7.64. The van der Waals surface area contributed by atoms with Crippen LogP contribution in [0.25, 0.3) is 0 Å². The zero-order chi connectivity index (χ0) is 22.4. The monoisotopic (exact) mass is 468 g/mol. The van der Waals surface area contributed by atoms with Gasteiger partial charge in [-0.3, -0.25) is 4.79 Å². The number of hydrogen-bond donors (Lipinski definition) is 1. The number of hydrogen-bond acceptors (Lipinski definition) is 4. The number of rotatable bonds is 8. The summed E-state index contributed by atoms with van der Waals surface area (Å²) in [6.45, 7) is 0.964. The molecule has 0 atom stereocenters. The van der Waals surface area contributed by atoms with Crippen LogP contribution in [0.1, 0.15) is 24.0 Å². The normalized spacial score (nSPS) is 15.6. The average molecular weight is 469 g/mol. The molecule has 0 unspecified atom stereocenters. The highest BCUT2D eigenvalue weighted by Crippen LogP contribution is 2.26. The molecule has 1 fully saturated rings. The lowest BCUT2D eigenvalue weighted by molar-refractivity contribution is -0.126. The van der Waals surface area contributed by atoms with Crippen LogP contribution in [0.2, 0.25) is 5.02 Å². The zero-order valence-corrected chi connectivity index (χ0v) is 18.9. The van der Waals surface area contributed by atoms with Crippen molar-refractivity contribution in [2.75, 3.05) is 26.7 Å². The first kappa shape index (κ1) is 23.5. The van der Waals surface area contributed by atoms with E-state index < -0.39 is 21.6 Å². The zero-order valence-electron chi connectivity index (χ0n) is 17.3. The minimum absolute atomic E-state index is 0.0254. The minimum atomic E-state index is -3.72. The molecule has 0 spiro atoms. The maximum absolute atomic E-state index is 14.0. The van der Waals surface area contributed by atoms with Crippen molar-refractivity contribution in [3.63, 3.8) is 0 Å². The number of benzene rings is 2. The van der Waals surface area contributed by atoms with E-state index in [9.17, 15) is 17.6 Å². The molecular formula is C22H26ClFN2O4S. The summed E-state index contributed by atoms with van der Waals surface area (Å²) in [5.41, 5.74) is 1.07. The molecule has 1 amide bonds. The molecule has 31 heavy (non-hydrogen) atoms. The number of ether oxygens (including phenoxy) is 1. The van der Waals surface area contributed by atoms with Crippen LogP contribution in [-0.2, 0) is 27.0 Å². The Hall–Kier alpha value is -2.16. The van der Waals surface area contributed by atoms with Gasteiger partial charge in [-0.2, -0.15) is 0 Å². The Kier molecular flexibility index (Phi) is 7.91. The molecule has 0 saturated carbocycles. The Labute approximate surface area is 187 Å². The SMILES string of the molecule is COc1ccc(CCNC(=O)C2CCN(S(=O)(=O)Cc3c(F)cccc3Cl)CC2)cc1. The number of sulfonamides is 1. The molecule has 1 aliphatic heterocycles. The molecule has 0 aromatic heterocycles. The Bertz CT molecular complexity index is 986. The van der Waals surface area contributed by atoms with E-state index in [1.165, 1.54) is 22.5 Å². The van der Waals surface area contributed by atoms with Crippen LogP contribution in [0, 0.1) is 11.7 Å². The number of amides is 1. The highest BCUT2D eigenvalue weighted by molar-refractivity contribution is 7.88. The number of nitrogens with one attached hydrogen (secondary N) is 1. The van der Waals surface area contributed by atoms with Crippen LogP contribution in [-0.4, -0.2) is 45.4 Å². The van der Waals surface area contributed by atoms with Crippen molar-refractivity contribution in [2.24, 2.45) is 5.92 Å². The fourth-order valence-corrected chi connectivity index (χ4v) is 5.52. The highest BCUT2D eigenvalue weighted by Gasteiger charge is 2.32. The number of piperidine rings is 1. The first-order valence-corrected chi connectivity index (χ1v) is 12.1. The Morgan fingerprint density at radius 1 is 1.19 bits per heavy atom. The highest BCUT2D eigenvalue weighted by atomic mass is 35.5. The summed E-state index contributed by atoms with van der Waals surface area (Å²) >= 11 is 5.96. The van der Waals surface area contributed by atoms with E-state index in [1.807, 2.05) is 24.3 Å². The number of methoxy groups -OCH3 is 1. The van der Waals surface area contributed by atoms with Gasteiger partial charge < -0.3 is 10.1 Å². The first-order valence-electron chi connectivity index (χ1n) is 10.1. The number of carbonyl (C=O) groups excluding carboxylic acids is 1. The molecule has 0 aliphatic carbocycles. The van der Waals surface area contributed by atoms with E-state index in [4.69, 9.17) is 16.3 Å². The van der Waals surface area contributed by atoms with Crippen molar-refractivity contribution in [1.29, 1.82) is 0 Å². The van der Waals surface area contributed by atoms with Crippen LogP contribution < -0.4 is 10.1 Å². The van der Waals surface area contributed by atoms with Crippen molar-refractivity contribution in [3.05, 3.63) is 64.4 Å². The maximum atomic E-state index is 14.0. The quantitative estimate of drug-likeness (QED) is 0.644. The lowest BCUT2D eigenvalue weighted by Crippen LogP contribution is -2.43. The van der Waals surface area contributed by atoms with Gasteiger partial charge in [-0.05, 0) is 49.1 Å². The molecule has 1 heterocycles. The summed E-state index contributed by atoms with van der Waals surface area (Å²) in [6, 6.07) is 11.8. The molecule has 3 rings (SSSR count). The van der Waals surface area contributed by atoms with Crippen molar-refractivity contribution < 1.29 is 22.3 Å². The van der Waals surface area contributed by atoms with Crippen molar-refractivity contribution >= 4 is 27.5 Å². The van der Waals surface area contributed by atoms with Gasteiger partial charge >= 0.3 is 0 Å². The van der Waals surface area contributed by atoms with Crippen molar-refractivity contribution in [2.45, 2.75) is 25.0 Å². The molecule has 9 heteroatoms. The Morgan fingerprint density at radius 3 is 2.48 bits per heavy atom. The smallest absolute Gasteiger partial charge is 0.223 e. The maximum Gasteiger partial charge on any atom is 0.223 e. The van der Waals surface area contributed by atoms with Crippen LogP contribution in [0.15, 0.2) is 42.5 Å². The molecule has 6 nitrogen and oxygen atoms in total. The summed E-state index contributed by atoms with van der Waals surface area (Å²) in [4.78, 5) is 12.5. The Balaban J connectivity index is 1.47. The fraction of sp³-hybridized carbons (Fsp3) is 0.409. The van der Waals surface area contributed by atoms with Crippen LogP contribution in [0.5, 0.6) is 5.75 Å². The van der Waals surface area contributed by atoms with Gasteiger partial charge in [0.05, 0.1) is 12.9 Å². The van der Waals surface area contributed by atoms with Gasteiger partial charge in [0.1, 0.15) is 11.6 Å². The van der Waals surface area contributed by atoms with E-state index in [0.717, 1.165) is 11.3 Å². The summed E-state index contributed by atoms with van der Waals surface area (Å²) < 4.78 is 45.8. The number of nitrogens with zero attached hydrogens (tertiary/aromatic N) is 1. The number of carbonyl (C=O) groups is 1. The second-order valence-corrected chi connectivity index (χ2v) is 9.89. The van der Waals surface area contributed by atoms with Gasteiger partial charge in [0, 0.05) is 36.1 Å². The summed E-state index contributed by atoms with van der Waals surface area (Å²) in [6.07, 6.45) is 1.56. The topological polar surface area (TPSA) is 75.7 Å². The predicted octanol–water partition coefficient (Wildman–Crippen LogP) is 3.39. The van der Waals surface area contributed by atoms with Gasteiger partial charge in [-0.1, -0.05) is 29.8 Å². The number of halogens is 2. The van der Waals surface area contributed by atoms with Crippen LogP contribution in [0.4, 0.5) is 4.39 Å². The van der Waals surface area contributed by atoms with Gasteiger partial charge in [0.25, 0.3) is 0 Å². The summed E-state index contributed by atoms with van der Waals surface area (Å²) in [5.74, 6) is -0.645. The largest absolute Gasteiger partial charge is 0.497 e. The van der Waals surface area contributed by atoms with E-state index in [1.54, 1.807) is 7.11 Å². The molecule has 1 N–H and O–H groups in total. The molecule has 1 saturated heterocycles. The molecule has 168 valence electrons. The lowest BCUT2D eigenvalue weighted by atomic mass is 9.97. The molecule has 0 radical (unpaired) electrons. The van der Waals surface area contributed by atoms with Gasteiger partial charge in [-0.15, -0.1) is 0 Å². The fourth-order valence-electron chi connectivity index (χ4n) is 3.61. The average Bonchev–Trinajstić information content (AvgIpc) is 2.77. The molecule has 2 aromatic rings. The van der Waals surface area contributed by atoms with E-state index in [2.05, 4.69) is 5.32 Å². The predicted molar refractivity (Wildman–Crippen MR) is 118 cm³/mol. The van der Waals surface area contributed by atoms with E-state index in [-0.39, 0.29) is 35.5 Å². The second-order valence-electron chi connectivity index (χ2n) is 7.52. The van der Waals surface area contributed by atoms with Gasteiger partial charge in [0.15, 0.2) is 0 Å². The van der Waals surface area contributed by atoms with Gasteiger partial charge in [-0.25, -0.2) is 17.1 Å². The molecule has 2 aromatic carbocycles. The van der Waals surface area contributed by atoms with Gasteiger partial charge in [0.2, 0.25) is 15.9 Å². The van der Waals surface area contributed by atoms with E-state index in [0.29, 0.717) is 25.8 Å². The molecular weight excluding hydrogens is 443 g/mol. The van der Waals surface area contributed by atoms with E-state index >= 15 is 0 Å². The van der Waals surface area contributed by atoms with Crippen molar-refractivity contribution in [3.8, 4) is 5.75 Å². The summed E-state index contributed by atoms with van der Waals surface area (Å²) in [5, 5.41) is 3.02. The minimum Gasteiger partial charge on any atom is -0.497 e. The summed E-state index contributed by atoms with van der Waals surface area (Å²) in [7, 11) is -2.11. The van der Waals surface area contributed by atoms with Crippen LogP contribution in [0.3, 0.4) is 0 Å². The Morgan fingerprint density at radius 2 is 1.87 bits per heavy atom. The second kappa shape index (κ2) is 10.4. The lowest BCUT2D eigenvalue weighted by Gasteiger charge is -2.30. The third kappa shape index (κ3) is 6.18. The first-order chi connectivity index (χ1) is 14.8. The third-order valence-electron chi connectivity index (χ3n) is 5.48. The van der Waals surface area contributed by atoms with Crippen LogP contribution >= 0.6 is 11.6 Å². The molecule has 0 bridgehead atoms. The molecule has 1 aliphatic rings.